The van der Waals surface area contributed by atoms with Crippen LogP contribution in [0.3, 0.4) is 0 Å². The highest BCUT2D eigenvalue weighted by Crippen LogP contribution is 2.31. The molecule has 1 amide bonds. The van der Waals surface area contributed by atoms with Crippen molar-refractivity contribution in [2.75, 3.05) is 26.3 Å². The molecule has 0 radical (unpaired) electrons. The van der Waals surface area contributed by atoms with Crippen LogP contribution in [0.2, 0.25) is 0 Å². The average Bonchev–Trinajstić information content (AvgIpc) is 3.20. The number of hydrogen-bond donors (Lipinski definition) is 1. The van der Waals surface area contributed by atoms with E-state index in [-0.39, 0.29) is 11.7 Å². The number of benzene rings is 1. The molecular formula is C24H24FN3O2. The average molecular weight is 405 g/mol. The number of nitrogens with zero attached hydrogens (tertiary/aromatic N) is 2. The Balaban J connectivity index is 1.50. The first-order valence-corrected chi connectivity index (χ1v) is 10.0. The highest BCUT2D eigenvalue weighted by molar-refractivity contribution is 5.95. The molecule has 1 saturated heterocycles. The molecule has 1 aliphatic rings. The number of allylic oxidation sites excluding steroid dienone is 3. The van der Waals surface area contributed by atoms with Crippen molar-refractivity contribution in [2.45, 2.75) is 13.3 Å². The van der Waals surface area contributed by atoms with Gasteiger partial charge >= 0.3 is 0 Å². The van der Waals surface area contributed by atoms with Gasteiger partial charge in [0.1, 0.15) is 11.5 Å². The van der Waals surface area contributed by atoms with Gasteiger partial charge in [-0.3, -0.25) is 4.79 Å². The van der Waals surface area contributed by atoms with Crippen LogP contribution in [0.4, 0.5) is 4.39 Å². The van der Waals surface area contributed by atoms with Crippen molar-refractivity contribution in [1.29, 1.82) is 0 Å². The molecule has 2 aromatic heterocycles. The van der Waals surface area contributed by atoms with Gasteiger partial charge in [0.25, 0.3) is 0 Å². The van der Waals surface area contributed by atoms with E-state index in [4.69, 9.17) is 4.74 Å². The SMILES string of the molecule is C/C(=C\C=C/CC(=O)N1CCOCC1)c1cnc2[nH]cc(-c3ccccc3F)c2c1. The molecule has 0 aliphatic carbocycles. The van der Waals surface area contributed by atoms with Crippen LogP contribution in [0.25, 0.3) is 27.7 Å². The fourth-order valence-electron chi connectivity index (χ4n) is 3.54. The summed E-state index contributed by atoms with van der Waals surface area (Å²) >= 11 is 0. The number of aromatic amines is 1. The van der Waals surface area contributed by atoms with Gasteiger partial charge in [-0.1, -0.05) is 36.4 Å². The molecule has 3 heterocycles. The third kappa shape index (κ3) is 4.33. The normalized spacial score (nSPS) is 15.3. The summed E-state index contributed by atoms with van der Waals surface area (Å²) in [6, 6.07) is 8.74. The van der Waals surface area contributed by atoms with E-state index in [1.54, 1.807) is 24.5 Å². The summed E-state index contributed by atoms with van der Waals surface area (Å²) in [5.41, 5.74) is 4.02. The van der Waals surface area contributed by atoms with E-state index in [1.807, 2.05) is 42.2 Å². The van der Waals surface area contributed by atoms with Crippen LogP contribution >= 0.6 is 0 Å². The monoisotopic (exact) mass is 405 g/mol. The number of halogens is 1. The standard InChI is InChI=1S/C24H24FN3O2/c1-17(6-2-5-9-23(29)28-10-12-30-13-11-28)18-14-20-21(16-27-24(20)26-15-18)19-7-3-4-8-22(19)25/h2-8,14-16H,9-13H2,1H3,(H,26,27)/b5-2-,17-6+. The van der Waals surface area contributed by atoms with Gasteiger partial charge in [-0.2, -0.15) is 0 Å². The van der Waals surface area contributed by atoms with Crippen LogP contribution in [0.5, 0.6) is 0 Å². The van der Waals surface area contributed by atoms with Gasteiger partial charge in [0.2, 0.25) is 5.91 Å². The van der Waals surface area contributed by atoms with E-state index in [0.717, 1.165) is 27.7 Å². The molecule has 5 nitrogen and oxygen atoms in total. The number of fused-ring (bicyclic) bond motifs is 1. The summed E-state index contributed by atoms with van der Waals surface area (Å²) in [6.45, 7) is 4.53. The summed E-state index contributed by atoms with van der Waals surface area (Å²) in [6.07, 6.45) is 9.68. The zero-order valence-corrected chi connectivity index (χ0v) is 16.9. The third-order valence-electron chi connectivity index (χ3n) is 5.29. The van der Waals surface area contributed by atoms with Crippen LogP contribution in [0.15, 0.2) is 61.0 Å². The van der Waals surface area contributed by atoms with Gasteiger partial charge in [0.15, 0.2) is 0 Å². The zero-order chi connectivity index (χ0) is 20.9. The van der Waals surface area contributed by atoms with Crippen molar-refractivity contribution < 1.29 is 13.9 Å². The Morgan fingerprint density at radius 3 is 2.87 bits per heavy atom. The van der Waals surface area contributed by atoms with Crippen molar-refractivity contribution in [1.82, 2.24) is 14.9 Å². The van der Waals surface area contributed by atoms with Crippen molar-refractivity contribution in [3.63, 3.8) is 0 Å². The molecule has 6 heteroatoms. The number of H-pyrrole nitrogens is 1. The predicted molar refractivity (Wildman–Crippen MR) is 116 cm³/mol. The van der Waals surface area contributed by atoms with E-state index in [0.29, 0.717) is 38.3 Å². The maximum atomic E-state index is 14.3. The second-order valence-electron chi connectivity index (χ2n) is 7.28. The predicted octanol–water partition coefficient (Wildman–Crippen LogP) is 4.58. The Hall–Kier alpha value is -3.25. The molecule has 3 aromatic rings. The van der Waals surface area contributed by atoms with Crippen molar-refractivity contribution >= 4 is 22.5 Å². The minimum absolute atomic E-state index is 0.116. The molecule has 0 saturated carbocycles. The van der Waals surface area contributed by atoms with Crippen LogP contribution in [0, 0.1) is 5.82 Å². The van der Waals surface area contributed by atoms with Crippen molar-refractivity contribution in [3.05, 3.63) is 72.3 Å². The highest BCUT2D eigenvalue weighted by Gasteiger charge is 2.15. The van der Waals surface area contributed by atoms with Crippen LogP contribution in [-0.2, 0) is 9.53 Å². The summed E-state index contributed by atoms with van der Waals surface area (Å²) in [4.78, 5) is 21.6. The number of aromatic nitrogens is 2. The van der Waals surface area contributed by atoms with Crippen molar-refractivity contribution in [3.8, 4) is 11.1 Å². The fourth-order valence-corrected chi connectivity index (χ4v) is 3.54. The topological polar surface area (TPSA) is 58.2 Å². The Kier molecular flexibility index (Phi) is 6.05. The Morgan fingerprint density at radius 2 is 2.07 bits per heavy atom. The highest BCUT2D eigenvalue weighted by atomic mass is 19.1. The lowest BCUT2D eigenvalue weighted by Gasteiger charge is -2.26. The van der Waals surface area contributed by atoms with E-state index < -0.39 is 0 Å². The molecule has 0 bridgehead atoms. The lowest BCUT2D eigenvalue weighted by atomic mass is 10.0. The van der Waals surface area contributed by atoms with Crippen LogP contribution in [0.1, 0.15) is 18.9 Å². The number of carbonyl (C=O) groups excluding carboxylic acids is 1. The van der Waals surface area contributed by atoms with Gasteiger partial charge in [-0.25, -0.2) is 9.37 Å². The lowest BCUT2D eigenvalue weighted by molar-refractivity contribution is -0.134. The molecule has 30 heavy (non-hydrogen) atoms. The molecular weight excluding hydrogens is 381 g/mol. The summed E-state index contributed by atoms with van der Waals surface area (Å²) < 4.78 is 19.5. The minimum Gasteiger partial charge on any atom is -0.378 e. The first kappa shape index (κ1) is 20.0. The second kappa shape index (κ2) is 9.05. The summed E-state index contributed by atoms with van der Waals surface area (Å²) in [7, 11) is 0. The molecule has 154 valence electrons. The molecule has 1 aromatic carbocycles. The molecule has 0 atom stereocenters. The van der Waals surface area contributed by atoms with E-state index >= 15 is 0 Å². The fraction of sp³-hybridized carbons (Fsp3) is 0.250. The summed E-state index contributed by atoms with van der Waals surface area (Å²) in [5.74, 6) is -0.144. The van der Waals surface area contributed by atoms with E-state index in [1.165, 1.54) is 6.07 Å². The number of morpholine rings is 1. The number of amides is 1. The molecule has 0 spiro atoms. The van der Waals surface area contributed by atoms with Gasteiger partial charge in [0, 0.05) is 48.4 Å². The molecule has 0 unspecified atom stereocenters. The number of pyridine rings is 1. The zero-order valence-electron chi connectivity index (χ0n) is 16.9. The van der Waals surface area contributed by atoms with E-state index in [2.05, 4.69) is 9.97 Å². The third-order valence-corrected chi connectivity index (χ3v) is 5.29. The van der Waals surface area contributed by atoms with Gasteiger partial charge in [-0.05, 0) is 30.2 Å². The maximum Gasteiger partial charge on any atom is 0.226 e. The van der Waals surface area contributed by atoms with Crippen LogP contribution < -0.4 is 0 Å². The molecule has 1 aliphatic heterocycles. The molecule has 4 rings (SSSR count). The number of carbonyl (C=O) groups is 1. The minimum atomic E-state index is -0.260. The smallest absolute Gasteiger partial charge is 0.226 e. The number of nitrogens with one attached hydrogen (secondary N) is 1. The van der Waals surface area contributed by atoms with Gasteiger partial charge < -0.3 is 14.6 Å². The summed E-state index contributed by atoms with van der Waals surface area (Å²) in [5, 5.41) is 0.872. The first-order chi connectivity index (χ1) is 14.6. The Bertz CT molecular complexity index is 1110. The second-order valence-corrected chi connectivity index (χ2v) is 7.28. The van der Waals surface area contributed by atoms with Crippen molar-refractivity contribution in [2.24, 2.45) is 0 Å². The largest absolute Gasteiger partial charge is 0.378 e. The number of ether oxygens (including phenoxy) is 1. The number of hydrogen-bond acceptors (Lipinski definition) is 3. The Labute approximate surface area is 174 Å². The quantitative estimate of drug-likeness (QED) is 0.632. The molecule has 1 N–H and O–H groups in total. The Morgan fingerprint density at radius 1 is 1.27 bits per heavy atom. The molecule has 1 fully saturated rings. The first-order valence-electron chi connectivity index (χ1n) is 10.0. The van der Waals surface area contributed by atoms with Crippen LogP contribution in [-0.4, -0.2) is 47.1 Å². The van der Waals surface area contributed by atoms with Gasteiger partial charge in [0.05, 0.1) is 13.2 Å². The number of rotatable bonds is 5. The maximum absolute atomic E-state index is 14.3. The van der Waals surface area contributed by atoms with E-state index in [9.17, 15) is 9.18 Å². The van der Waals surface area contributed by atoms with Gasteiger partial charge in [-0.15, -0.1) is 0 Å². The lowest BCUT2D eigenvalue weighted by Crippen LogP contribution is -2.40.